The van der Waals surface area contributed by atoms with Gasteiger partial charge in [-0.2, -0.15) is 0 Å². The number of aldehydes is 2. The number of rotatable bonds is 4. The quantitative estimate of drug-likeness (QED) is 0.533. The van der Waals surface area contributed by atoms with Gasteiger partial charge in [0.15, 0.2) is 0 Å². The highest BCUT2D eigenvalue weighted by molar-refractivity contribution is 5.59. The van der Waals surface area contributed by atoms with Crippen molar-refractivity contribution in [3.05, 3.63) is 0 Å². The molecule has 0 amide bonds. The van der Waals surface area contributed by atoms with Gasteiger partial charge in [0.05, 0.1) is 0 Å². The predicted octanol–water partition coefficient (Wildman–Crippen LogP) is 1.19. The molecule has 52 valence electrons. The van der Waals surface area contributed by atoms with E-state index in [0.717, 1.165) is 12.6 Å². The lowest BCUT2D eigenvalue weighted by Crippen LogP contribution is -2.12. The summed E-state index contributed by atoms with van der Waals surface area (Å²) in [5.41, 5.74) is -0.319. The van der Waals surface area contributed by atoms with Gasteiger partial charge in [0, 0.05) is 11.8 Å². The van der Waals surface area contributed by atoms with Gasteiger partial charge in [0.2, 0.25) is 0 Å². The second-order valence-corrected chi connectivity index (χ2v) is 2.81. The van der Waals surface area contributed by atoms with E-state index in [2.05, 4.69) is 0 Å². The lowest BCUT2D eigenvalue weighted by Gasteiger charge is -2.13. The topological polar surface area (TPSA) is 34.1 Å². The standard InChI is InChI=1S/C7H12O2/c1-7(2,6-9)4-3-5-8/h5-6H,3-4H2,1-2H3. The average Bonchev–Trinajstić information content (AvgIpc) is 1.84. The number of hydrogen-bond acceptors (Lipinski definition) is 2. The second kappa shape index (κ2) is 3.38. The average molecular weight is 128 g/mol. The molecule has 0 aliphatic carbocycles. The Balaban J connectivity index is 3.57. The van der Waals surface area contributed by atoms with Crippen molar-refractivity contribution in [1.82, 2.24) is 0 Å². The van der Waals surface area contributed by atoms with Crippen molar-refractivity contribution in [3.8, 4) is 0 Å². The Morgan fingerprint density at radius 1 is 1.33 bits per heavy atom. The maximum absolute atomic E-state index is 10.2. The molecule has 0 rings (SSSR count). The van der Waals surface area contributed by atoms with Gasteiger partial charge in [0.1, 0.15) is 12.6 Å². The van der Waals surface area contributed by atoms with Gasteiger partial charge in [-0.15, -0.1) is 0 Å². The van der Waals surface area contributed by atoms with Crippen LogP contribution < -0.4 is 0 Å². The van der Waals surface area contributed by atoms with E-state index in [1.807, 2.05) is 13.8 Å². The Hall–Kier alpha value is -0.660. The molecular formula is C7H12O2. The molecule has 0 N–H and O–H groups in total. The zero-order chi connectivity index (χ0) is 7.33. The molecule has 0 bridgehead atoms. The van der Waals surface area contributed by atoms with Crippen LogP contribution in [0.2, 0.25) is 0 Å². The van der Waals surface area contributed by atoms with E-state index >= 15 is 0 Å². The van der Waals surface area contributed by atoms with Crippen molar-refractivity contribution in [3.63, 3.8) is 0 Å². The third-order valence-electron chi connectivity index (χ3n) is 1.23. The molecule has 9 heavy (non-hydrogen) atoms. The van der Waals surface area contributed by atoms with E-state index < -0.39 is 0 Å². The van der Waals surface area contributed by atoms with E-state index in [4.69, 9.17) is 0 Å². The summed E-state index contributed by atoms with van der Waals surface area (Å²) in [6, 6.07) is 0. The van der Waals surface area contributed by atoms with Crippen LogP contribution in [-0.2, 0) is 9.59 Å². The molecule has 2 nitrogen and oxygen atoms in total. The smallest absolute Gasteiger partial charge is 0.125 e. The summed E-state index contributed by atoms with van der Waals surface area (Å²) in [6.45, 7) is 3.65. The zero-order valence-corrected chi connectivity index (χ0v) is 5.89. The van der Waals surface area contributed by atoms with Gasteiger partial charge >= 0.3 is 0 Å². The maximum Gasteiger partial charge on any atom is 0.125 e. The molecule has 0 aromatic rings. The first-order valence-electron chi connectivity index (χ1n) is 3.02. The molecule has 0 aliphatic heterocycles. The highest BCUT2D eigenvalue weighted by atomic mass is 16.1. The van der Waals surface area contributed by atoms with Crippen molar-refractivity contribution >= 4 is 12.6 Å². The predicted molar refractivity (Wildman–Crippen MR) is 35.1 cm³/mol. The van der Waals surface area contributed by atoms with Gasteiger partial charge in [-0.05, 0) is 6.42 Å². The van der Waals surface area contributed by atoms with Crippen LogP contribution in [0.3, 0.4) is 0 Å². The summed E-state index contributed by atoms with van der Waals surface area (Å²) >= 11 is 0. The molecule has 0 aromatic heterocycles. The lowest BCUT2D eigenvalue weighted by molar-refractivity contribution is -0.115. The van der Waals surface area contributed by atoms with E-state index in [-0.39, 0.29) is 5.41 Å². The first kappa shape index (κ1) is 8.34. The largest absolute Gasteiger partial charge is 0.303 e. The van der Waals surface area contributed by atoms with Gasteiger partial charge in [-0.1, -0.05) is 13.8 Å². The summed E-state index contributed by atoms with van der Waals surface area (Å²) < 4.78 is 0. The van der Waals surface area contributed by atoms with Crippen LogP contribution in [0.15, 0.2) is 0 Å². The first-order valence-corrected chi connectivity index (χ1v) is 3.02. The Labute approximate surface area is 55.3 Å². The molecule has 2 heteroatoms. The first-order chi connectivity index (χ1) is 4.12. The summed E-state index contributed by atoms with van der Waals surface area (Å²) in [5.74, 6) is 0. The Bertz CT molecular complexity index is 105. The molecule has 0 radical (unpaired) electrons. The molecule has 0 saturated heterocycles. The van der Waals surface area contributed by atoms with Crippen molar-refractivity contribution in [1.29, 1.82) is 0 Å². The fourth-order valence-corrected chi connectivity index (χ4v) is 0.490. The lowest BCUT2D eigenvalue weighted by atomic mass is 9.90. The molecule has 0 spiro atoms. The molecule has 0 fully saturated rings. The van der Waals surface area contributed by atoms with Crippen LogP contribution in [0.1, 0.15) is 26.7 Å². The zero-order valence-electron chi connectivity index (χ0n) is 5.89. The number of carbonyl (C=O) groups is 2. The van der Waals surface area contributed by atoms with Crippen LogP contribution in [-0.4, -0.2) is 12.6 Å². The highest BCUT2D eigenvalue weighted by Crippen LogP contribution is 2.17. The summed E-state index contributed by atoms with van der Waals surface area (Å²) in [7, 11) is 0. The highest BCUT2D eigenvalue weighted by Gasteiger charge is 2.14. The van der Waals surface area contributed by atoms with Crippen molar-refractivity contribution in [2.75, 3.05) is 0 Å². The Morgan fingerprint density at radius 3 is 2.22 bits per heavy atom. The maximum atomic E-state index is 10.2. The molecule has 0 atom stereocenters. The minimum absolute atomic E-state index is 0.319. The fourth-order valence-electron chi connectivity index (χ4n) is 0.490. The molecule has 0 saturated carbocycles. The molecule has 0 heterocycles. The minimum Gasteiger partial charge on any atom is -0.303 e. The van der Waals surface area contributed by atoms with Crippen molar-refractivity contribution in [2.45, 2.75) is 26.7 Å². The third-order valence-corrected chi connectivity index (χ3v) is 1.23. The van der Waals surface area contributed by atoms with Gasteiger partial charge < -0.3 is 9.59 Å². The summed E-state index contributed by atoms with van der Waals surface area (Å²) in [4.78, 5) is 20.1. The molecular weight excluding hydrogens is 116 g/mol. The Kier molecular flexibility index (Phi) is 3.13. The SMILES string of the molecule is CC(C)(C=O)CCC=O. The van der Waals surface area contributed by atoms with Gasteiger partial charge in [-0.3, -0.25) is 0 Å². The molecule has 0 aliphatic rings. The summed E-state index contributed by atoms with van der Waals surface area (Å²) in [5, 5.41) is 0. The Morgan fingerprint density at radius 2 is 1.89 bits per heavy atom. The van der Waals surface area contributed by atoms with E-state index in [0.29, 0.717) is 12.8 Å². The third kappa shape index (κ3) is 3.88. The van der Waals surface area contributed by atoms with Crippen molar-refractivity contribution < 1.29 is 9.59 Å². The number of carbonyl (C=O) groups excluding carboxylic acids is 2. The van der Waals surface area contributed by atoms with Gasteiger partial charge in [-0.25, -0.2) is 0 Å². The van der Waals surface area contributed by atoms with E-state index in [9.17, 15) is 9.59 Å². The molecule has 0 aromatic carbocycles. The van der Waals surface area contributed by atoms with Gasteiger partial charge in [0.25, 0.3) is 0 Å². The normalized spacial score (nSPS) is 10.9. The molecule has 0 unspecified atom stereocenters. The van der Waals surface area contributed by atoms with Crippen LogP contribution in [0, 0.1) is 5.41 Å². The van der Waals surface area contributed by atoms with E-state index in [1.54, 1.807) is 0 Å². The second-order valence-electron chi connectivity index (χ2n) is 2.81. The summed E-state index contributed by atoms with van der Waals surface area (Å²) in [6.07, 6.45) is 2.85. The van der Waals surface area contributed by atoms with Crippen LogP contribution in [0.4, 0.5) is 0 Å². The number of hydrogen-bond donors (Lipinski definition) is 0. The minimum atomic E-state index is -0.319. The van der Waals surface area contributed by atoms with Crippen molar-refractivity contribution in [2.24, 2.45) is 5.41 Å². The van der Waals surface area contributed by atoms with E-state index in [1.165, 1.54) is 0 Å². The van der Waals surface area contributed by atoms with Crippen LogP contribution >= 0.6 is 0 Å². The monoisotopic (exact) mass is 128 g/mol. The van der Waals surface area contributed by atoms with Crippen LogP contribution in [0.25, 0.3) is 0 Å². The fraction of sp³-hybridized carbons (Fsp3) is 0.714. The van der Waals surface area contributed by atoms with Crippen LogP contribution in [0.5, 0.6) is 0 Å².